The van der Waals surface area contributed by atoms with Crippen molar-refractivity contribution in [3.05, 3.63) is 47.0 Å². The van der Waals surface area contributed by atoms with Gasteiger partial charge in [-0.05, 0) is 29.2 Å². The summed E-state index contributed by atoms with van der Waals surface area (Å²) in [6.07, 6.45) is 0.739. The van der Waals surface area contributed by atoms with Crippen molar-refractivity contribution in [1.82, 2.24) is 0 Å². The maximum Gasteiger partial charge on any atom is 0.342 e. The van der Waals surface area contributed by atoms with E-state index in [9.17, 15) is 4.79 Å². The molecule has 2 aliphatic rings. The fraction of sp³-hybridized carbons (Fsp3) is 0.353. The molecule has 0 saturated carbocycles. The Labute approximate surface area is 117 Å². The van der Waals surface area contributed by atoms with Crippen LogP contribution in [0.25, 0.3) is 10.8 Å². The Bertz CT molecular complexity index is 734. The number of rotatable bonds is 0. The third-order valence-electron chi connectivity index (χ3n) is 4.37. The Morgan fingerprint density at radius 1 is 1.20 bits per heavy atom. The Morgan fingerprint density at radius 2 is 2.05 bits per heavy atom. The fourth-order valence-electron chi connectivity index (χ4n) is 3.42. The molecule has 0 aliphatic carbocycles. The average Bonchev–Trinajstić information content (AvgIpc) is 2.92. The second-order valence-electron chi connectivity index (χ2n) is 5.92. The fourth-order valence-corrected chi connectivity index (χ4v) is 3.42. The van der Waals surface area contributed by atoms with Crippen LogP contribution < -0.4 is 0 Å². The van der Waals surface area contributed by atoms with Crippen LogP contribution in [0.5, 0.6) is 0 Å². The minimum Gasteiger partial charge on any atom is -0.425 e. The second-order valence-corrected chi connectivity index (χ2v) is 5.92. The molecule has 2 atom stereocenters. The number of aryl methyl sites for hydroxylation is 1. The molecule has 0 unspecified atom stereocenters. The first kappa shape index (κ1) is 11.9. The van der Waals surface area contributed by atoms with Gasteiger partial charge in [-0.2, -0.15) is 0 Å². The Balaban J connectivity index is 2.01. The van der Waals surface area contributed by atoms with E-state index in [0.717, 1.165) is 22.8 Å². The van der Waals surface area contributed by atoms with Crippen LogP contribution >= 0.6 is 0 Å². The van der Waals surface area contributed by atoms with Gasteiger partial charge in [0.25, 0.3) is 0 Å². The van der Waals surface area contributed by atoms with Gasteiger partial charge >= 0.3 is 5.97 Å². The van der Waals surface area contributed by atoms with E-state index in [-0.39, 0.29) is 5.97 Å². The minimum absolute atomic E-state index is 0.259. The summed E-state index contributed by atoms with van der Waals surface area (Å²) in [7, 11) is 0. The number of carbonyl (C=O) groups is 1. The lowest BCUT2D eigenvalue weighted by molar-refractivity contribution is -0.172. The highest BCUT2D eigenvalue weighted by atomic mass is 16.7. The Kier molecular flexibility index (Phi) is 2.28. The highest BCUT2D eigenvalue weighted by Crippen LogP contribution is 2.48. The van der Waals surface area contributed by atoms with Crippen LogP contribution in [-0.4, -0.2) is 12.6 Å². The standard InChI is InChI=1S/C17H16O3/c1-10-8-17(19-9-10)14-7-6-12-11(2)4-3-5-13(12)15(14)16(18)20-17/h3-7,10H,8-9H2,1-2H3/t10-,17-/m0/s1. The summed E-state index contributed by atoms with van der Waals surface area (Å²) in [6, 6.07) is 10.1. The van der Waals surface area contributed by atoms with Crippen molar-refractivity contribution in [1.29, 1.82) is 0 Å². The quantitative estimate of drug-likeness (QED) is 0.686. The summed E-state index contributed by atoms with van der Waals surface area (Å²) in [5, 5.41) is 2.07. The maximum atomic E-state index is 12.4. The largest absolute Gasteiger partial charge is 0.425 e. The molecule has 0 N–H and O–H groups in total. The highest BCUT2D eigenvalue weighted by Gasteiger charge is 2.51. The molecular formula is C17H16O3. The molecule has 1 saturated heterocycles. The molecule has 3 nitrogen and oxygen atoms in total. The topological polar surface area (TPSA) is 35.5 Å². The molecule has 0 bridgehead atoms. The monoisotopic (exact) mass is 268 g/mol. The SMILES string of the molecule is Cc1cccc2c3c(ccc12)[C@]1(C[C@H](C)CO1)OC3=O. The predicted molar refractivity (Wildman–Crippen MR) is 75.5 cm³/mol. The summed E-state index contributed by atoms with van der Waals surface area (Å²) >= 11 is 0. The van der Waals surface area contributed by atoms with Crippen molar-refractivity contribution in [2.45, 2.75) is 26.1 Å². The molecule has 3 heteroatoms. The average molecular weight is 268 g/mol. The van der Waals surface area contributed by atoms with Gasteiger partial charge in [-0.15, -0.1) is 0 Å². The molecule has 0 amide bonds. The molecule has 1 spiro atoms. The Hall–Kier alpha value is -1.87. The molecule has 1 fully saturated rings. The lowest BCUT2D eigenvalue weighted by Crippen LogP contribution is -2.24. The van der Waals surface area contributed by atoms with E-state index in [2.05, 4.69) is 26.0 Å². The van der Waals surface area contributed by atoms with E-state index in [1.54, 1.807) is 0 Å². The number of esters is 1. The van der Waals surface area contributed by atoms with E-state index in [4.69, 9.17) is 9.47 Å². The molecule has 0 aromatic heterocycles. The smallest absolute Gasteiger partial charge is 0.342 e. The summed E-state index contributed by atoms with van der Waals surface area (Å²) in [6.45, 7) is 4.81. The summed E-state index contributed by atoms with van der Waals surface area (Å²) < 4.78 is 11.5. The van der Waals surface area contributed by atoms with Gasteiger partial charge in [-0.1, -0.05) is 37.3 Å². The van der Waals surface area contributed by atoms with Crippen molar-refractivity contribution in [3.63, 3.8) is 0 Å². The molecule has 4 rings (SSSR count). The van der Waals surface area contributed by atoms with Crippen LogP contribution in [0, 0.1) is 12.8 Å². The zero-order chi connectivity index (χ0) is 13.9. The van der Waals surface area contributed by atoms with E-state index in [0.29, 0.717) is 18.1 Å². The van der Waals surface area contributed by atoms with Gasteiger partial charge in [0.05, 0.1) is 12.2 Å². The minimum atomic E-state index is -0.843. The van der Waals surface area contributed by atoms with Gasteiger partial charge in [0, 0.05) is 12.0 Å². The van der Waals surface area contributed by atoms with Crippen LogP contribution in [0.4, 0.5) is 0 Å². The summed E-state index contributed by atoms with van der Waals surface area (Å²) in [4.78, 5) is 12.4. The highest BCUT2D eigenvalue weighted by molar-refractivity contribution is 6.08. The normalized spacial score (nSPS) is 28.1. The van der Waals surface area contributed by atoms with Crippen molar-refractivity contribution in [3.8, 4) is 0 Å². The lowest BCUT2D eigenvalue weighted by atomic mass is 9.92. The van der Waals surface area contributed by atoms with Gasteiger partial charge in [-0.3, -0.25) is 0 Å². The molecule has 0 radical (unpaired) electrons. The lowest BCUT2D eigenvalue weighted by Gasteiger charge is -2.22. The van der Waals surface area contributed by atoms with Crippen LogP contribution in [0.2, 0.25) is 0 Å². The van der Waals surface area contributed by atoms with Crippen LogP contribution in [-0.2, 0) is 15.3 Å². The number of benzene rings is 2. The molecule has 2 aliphatic heterocycles. The third-order valence-corrected chi connectivity index (χ3v) is 4.37. The van der Waals surface area contributed by atoms with Gasteiger partial charge in [0.2, 0.25) is 5.79 Å². The third kappa shape index (κ3) is 1.41. The predicted octanol–water partition coefficient (Wildman–Crippen LogP) is 3.53. The summed E-state index contributed by atoms with van der Waals surface area (Å²) in [5.74, 6) is -0.698. The van der Waals surface area contributed by atoms with Gasteiger partial charge in [0.1, 0.15) is 0 Å². The summed E-state index contributed by atoms with van der Waals surface area (Å²) in [5.41, 5.74) is 2.74. The van der Waals surface area contributed by atoms with Gasteiger partial charge in [0.15, 0.2) is 0 Å². The number of carbonyl (C=O) groups excluding carboxylic acids is 1. The number of hydrogen-bond acceptors (Lipinski definition) is 3. The number of hydrogen-bond donors (Lipinski definition) is 0. The number of ether oxygens (including phenoxy) is 2. The van der Waals surface area contributed by atoms with E-state index in [1.807, 2.05) is 18.2 Å². The molecule has 2 aromatic rings. The van der Waals surface area contributed by atoms with Gasteiger partial charge < -0.3 is 9.47 Å². The first-order valence-electron chi connectivity index (χ1n) is 7.01. The van der Waals surface area contributed by atoms with Crippen LogP contribution in [0.1, 0.15) is 34.8 Å². The van der Waals surface area contributed by atoms with Crippen molar-refractivity contribution in [2.24, 2.45) is 5.92 Å². The van der Waals surface area contributed by atoms with E-state index in [1.165, 1.54) is 5.56 Å². The zero-order valence-corrected chi connectivity index (χ0v) is 11.6. The Morgan fingerprint density at radius 3 is 2.80 bits per heavy atom. The molecule has 102 valence electrons. The van der Waals surface area contributed by atoms with E-state index < -0.39 is 5.79 Å². The molecular weight excluding hydrogens is 252 g/mol. The van der Waals surface area contributed by atoms with Crippen molar-refractivity contribution < 1.29 is 14.3 Å². The van der Waals surface area contributed by atoms with E-state index >= 15 is 0 Å². The zero-order valence-electron chi connectivity index (χ0n) is 11.6. The maximum absolute atomic E-state index is 12.4. The first-order valence-corrected chi connectivity index (χ1v) is 7.01. The molecule has 20 heavy (non-hydrogen) atoms. The molecule has 2 heterocycles. The van der Waals surface area contributed by atoms with Crippen LogP contribution in [0.3, 0.4) is 0 Å². The van der Waals surface area contributed by atoms with Gasteiger partial charge in [-0.25, -0.2) is 4.79 Å². The molecule has 2 aromatic carbocycles. The second kappa shape index (κ2) is 3.83. The van der Waals surface area contributed by atoms with Crippen LogP contribution in [0.15, 0.2) is 30.3 Å². The first-order chi connectivity index (χ1) is 9.61. The van der Waals surface area contributed by atoms with Crippen molar-refractivity contribution >= 4 is 16.7 Å². The number of fused-ring (bicyclic) bond motifs is 4. The van der Waals surface area contributed by atoms with Crippen molar-refractivity contribution in [2.75, 3.05) is 6.61 Å².